The van der Waals surface area contributed by atoms with E-state index in [9.17, 15) is 0 Å². The summed E-state index contributed by atoms with van der Waals surface area (Å²) in [6, 6.07) is 9.41. The quantitative estimate of drug-likeness (QED) is 0.872. The maximum Gasteiger partial charge on any atom is -0.00718 e. The lowest BCUT2D eigenvalue weighted by atomic mass is 9.43. The van der Waals surface area contributed by atoms with E-state index in [1.807, 2.05) is 0 Å². The zero-order valence-electron chi connectivity index (χ0n) is 12.6. The molecule has 0 aliphatic heterocycles. The molecule has 0 heterocycles. The van der Waals surface area contributed by atoms with Gasteiger partial charge in [0.2, 0.25) is 0 Å². The van der Waals surface area contributed by atoms with Gasteiger partial charge in [0.1, 0.15) is 0 Å². The molecule has 0 amide bonds. The zero-order valence-corrected chi connectivity index (χ0v) is 12.6. The summed E-state index contributed by atoms with van der Waals surface area (Å²) in [6.45, 7) is 3.06. The van der Waals surface area contributed by atoms with Crippen molar-refractivity contribution in [3.63, 3.8) is 0 Å². The van der Waals surface area contributed by atoms with Gasteiger partial charge in [-0.2, -0.15) is 0 Å². The third-order valence-corrected chi connectivity index (χ3v) is 6.54. The van der Waals surface area contributed by atoms with Gasteiger partial charge in [0.25, 0.3) is 0 Å². The molecule has 1 aromatic rings. The summed E-state index contributed by atoms with van der Waals surface area (Å²) < 4.78 is 0. The van der Waals surface area contributed by atoms with Crippen molar-refractivity contribution >= 4 is 0 Å². The molecule has 0 aromatic heterocycles. The van der Waals surface area contributed by atoms with Crippen molar-refractivity contribution in [2.24, 2.45) is 28.9 Å². The van der Waals surface area contributed by atoms with E-state index in [4.69, 9.17) is 5.73 Å². The van der Waals surface area contributed by atoms with Crippen LogP contribution in [0.5, 0.6) is 0 Å². The molecule has 0 spiro atoms. The molecule has 3 unspecified atom stereocenters. The first-order valence-electron chi connectivity index (χ1n) is 8.47. The fourth-order valence-electron chi connectivity index (χ4n) is 6.26. The molecule has 4 aliphatic carbocycles. The summed E-state index contributed by atoms with van der Waals surface area (Å²) >= 11 is 0. The van der Waals surface area contributed by atoms with Crippen LogP contribution < -0.4 is 5.73 Å². The Morgan fingerprint density at radius 2 is 1.70 bits per heavy atom. The van der Waals surface area contributed by atoms with Crippen LogP contribution >= 0.6 is 0 Å². The predicted molar refractivity (Wildman–Crippen MR) is 83.6 cm³/mol. The molecule has 0 radical (unpaired) electrons. The van der Waals surface area contributed by atoms with Gasteiger partial charge in [-0.15, -0.1) is 0 Å². The largest absolute Gasteiger partial charge is 0.330 e. The average Bonchev–Trinajstić information content (AvgIpc) is 2.39. The van der Waals surface area contributed by atoms with Crippen molar-refractivity contribution in [2.75, 3.05) is 6.54 Å². The van der Waals surface area contributed by atoms with Crippen LogP contribution in [0.1, 0.15) is 55.6 Å². The molecule has 5 rings (SSSR count). The molecule has 4 bridgehead atoms. The lowest BCUT2D eigenvalue weighted by molar-refractivity contribution is -0.0786. The molecule has 0 saturated heterocycles. The zero-order chi connectivity index (χ0) is 13.7. The second-order valence-corrected chi connectivity index (χ2v) is 7.90. The highest BCUT2D eigenvalue weighted by molar-refractivity contribution is 5.29. The summed E-state index contributed by atoms with van der Waals surface area (Å²) in [7, 11) is 0. The molecule has 2 N–H and O–H groups in total. The van der Waals surface area contributed by atoms with E-state index in [-0.39, 0.29) is 0 Å². The number of rotatable bonds is 3. The van der Waals surface area contributed by atoms with Crippen molar-refractivity contribution in [3.8, 4) is 0 Å². The van der Waals surface area contributed by atoms with E-state index in [0.29, 0.717) is 5.41 Å². The molecular formula is C19H27N. The summed E-state index contributed by atoms with van der Waals surface area (Å²) in [5.41, 5.74) is 9.54. The minimum Gasteiger partial charge on any atom is -0.330 e. The van der Waals surface area contributed by atoms with Gasteiger partial charge in [0.15, 0.2) is 0 Å². The lowest BCUT2D eigenvalue weighted by Gasteiger charge is -2.62. The van der Waals surface area contributed by atoms with Crippen molar-refractivity contribution in [2.45, 2.75) is 51.4 Å². The first kappa shape index (κ1) is 12.9. The van der Waals surface area contributed by atoms with Gasteiger partial charge in [-0.05, 0) is 86.6 Å². The number of hydrogen-bond acceptors (Lipinski definition) is 1. The van der Waals surface area contributed by atoms with Gasteiger partial charge in [-0.1, -0.05) is 29.8 Å². The Hall–Kier alpha value is -0.820. The first-order valence-corrected chi connectivity index (χ1v) is 8.47. The normalized spacial score (nSPS) is 42.1. The van der Waals surface area contributed by atoms with Gasteiger partial charge in [0, 0.05) is 0 Å². The van der Waals surface area contributed by atoms with Crippen LogP contribution in [0.15, 0.2) is 24.3 Å². The first-order chi connectivity index (χ1) is 9.70. The van der Waals surface area contributed by atoms with Crippen LogP contribution in [0.25, 0.3) is 0 Å². The average molecular weight is 269 g/mol. The standard InChI is InChI=1S/C19H27N/c1-13-2-4-16(5-3-13)18-17-9-14-8-15(10-17)12-19(18,11-14)6-7-20/h2-5,14-15,17-18H,6-12,20H2,1H3. The highest BCUT2D eigenvalue weighted by atomic mass is 14.6. The number of nitrogens with two attached hydrogens (primary N) is 1. The summed E-state index contributed by atoms with van der Waals surface area (Å²) in [5, 5.41) is 0. The number of benzene rings is 1. The second kappa shape index (κ2) is 4.59. The van der Waals surface area contributed by atoms with Crippen molar-refractivity contribution in [1.29, 1.82) is 0 Å². The summed E-state index contributed by atoms with van der Waals surface area (Å²) in [6.07, 6.45) is 8.65. The molecule has 3 atom stereocenters. The highest BCUT2D eigenvalue weighted by Gasteiger charge is 2.56. The van der Waals surface area contributed by atoms with E-state index in [0.717, 1.165) is 30.2 Å². The molecule has 4 fully saturated rings. The minimum absolute atomic E-state index is 0.540. The molecule has 108 valence electrons. The van der Waals surface area contributed by atoms with Crippen LogP contribution in [0.3, 0.4) is 0 Å². The van der Waals surface area contributed by atoms with E-state index >= 15 is 0 Å². The smallest absolute Gasteiger partial charge is 0.00718 e. The number of hydrogen-bond donors (Lipinski definition) is 1. The lowest BCUT2D eigenvalue weighted by Crippen LogP contribution is -2.52. The molecule has 1 heteroatoms. The van der Waals surface area contributed by atoms with Crippen LogP contribution in [0.2, 0.25) is 0 Å². The molecule has 4 saturated carbocycles. The topological polar surface area (TPSA) is 26.0 Å². The summed E-state index contributed by atoms with van der Waals surface area (Å²) in [4.78, 5) is 0. The predicted octanol–water partition coefficient (Wildman–Crippen LogP) is 4.25. The Morgan fingerprint density at radius 1 is 1.05 bits per heavy atom. The van der Waals surface area contributed by atoms with E-state index in [1.54, 1.807) is 5.56 Å². The van der Waals surface area contributed by atoms with Crippen molar-refractivity contribution in [3.05, 3.63) is 35.4 Å². The third kappa shape index (κ3) is 1.86. The maximum absolute atomic E-state index is 6.01. The van der Waals surface area contributed by atoms with Gasteiger partial charge in [-0.3, -0.25) is 0 Å². The Kier molecular flexibility index (Phi) is 2.96. The highest BCUT2D eigenvalue weighted by Crippen LogP contribution is 2.67. The monoisotopic (exact) mass is 269 g/mol. The van der Waals surface area contributed by atoms with Crippen LogP contribution in [-0.4, -0.2) is 6.54 Å². The fourth-order valence-corrected chi connectivity index (χ4v) is 6.26. The van der Waals surface area contributed by atoms with E-state index in [1.165, 1.54) is 44.1 Å². The van der Waals surface area contributed by atoms with Gasteiger partial charge < -0.3 is 5.73 Å². The second-order valence-electron chi connectivity index (χ2n) is 7.90. The van der Waals surface area contributed by atoms with Crippen LogP contribution in [-0.2, 0) is 0 Å². The molecule has 1 aromatic carbocycles. The fraction of sp³-hybridized carbons (Fsp3) is 0.684. The molecular weight excluding hydrogens is 242 g/mol. The van der Waals surface area contributed by atoms with Crippen LogP contribution in [0, 0.1) is 30.1 Å². The van der Waals surface area contributed by atoms with Gasteiger partial charge >= 0.3 is 0 Å². The maximum atomic E-state index is 6.01. The number of aryl methyl sites for hydroxylation is 1. The Morgan fingerprint density at radius 3 is 2.30 bits per heavy atom. The van der Waals surface area contributed by atoms with Crippen molar-refractivity contribution < 1.29 is 0 Å². The molecule has 1 nitrogen and oxygen atoms in total. The summed E-state index contributed by atoms with van der Waals surface area (Å²) in [5.74, 6) is 3.76. The SMILES string of the molecule is Cc1ccc(C2C3CC4CC(C3)CC2(CCN)C4)cc1. The Balaban J connectivity index is 1.74. The van der Waals surface area contributed by atoms with E-state index in [2.05, 4.69) is 31.2 Å². The third-order valence-electron chi connectivity index (χ3n) is 6.54. The Bertz CT molecular complexity index is 475. The van der Waals surface area contributed by atoms with Crippen molar-refractivity contribution in [1.82, 2.24) is 0 Å². The van der Waals surface area contributed by atoms with Gasteiger partial charge in [0.05, 0.1) is 0 Å². The van der Waals surface area contributed by atoms with Crippen LogP contribution in [0.4, 0.5) is 0 Å². The van der Waals surface area contributed by atoms with E-state index < -0.39 is 0 Å². The molecule has 20 heavy (non-hydrogen) atoms. The Labute approximate surface area is 122 Å². The molecule has 4 aliphatic rings. The van der Waals surface area contributed by atoms with Gasteiger partial charge in [-0.25, -0.2) is 0 Å². The minimum atomic E-state index is 0.540.